The van der Waals surface area contributed by atoms with Gasteiger partial charge in [-0.05, 0) is 66.4 Å². The van der Waals surface area contributed by atoms with Gasteiger partial charge in [-0.1, -0.05) is 91.2 Å². The van der Waals surface area contributed by atoms with E-state index < -0.39 is 28.5 Å². The molecule has 240 valence electrons. The van der Waals surface area contributed by atoms with Gasteiger partial charge in [-0.2, -0.15) is 0 Å². The maximum Gasteiger partial charge on any atom is 0.264 e. The van der Waals surface area contributed by atoms with Crippen LogP contribution in [0.2, 0.25) is 5.02 Å². The molecule has 10 heteroatoms. The molecule has 1 atom stereocenters. The molecule has 2 amide bonds. The topological polar surface area (TPSA) is 96.0 Å². The summed E-state index contributed by atoms with van der Waals surface area (Å²) in [5.74, 6) is -0.312. The lowest BCUT2D eigenvalue weighted by atomic mass is 10.0. The normalized spacial score (nSPS) is 14.0. The Balaban J connectivity index is 1.55. The molecule has 1 fully saturated rings. The van der Waals surface area contributed by atoms with Crippen LogP contribution in [0.15, 0.2) is 114 Å². The zero-order valence-electron chi connectivity index (χ0n) is 25.7. The van der Waals surface area contributed by atoms with Crippen molar-refractivity contribution in [2.24, 2.45) is 0 Å². The number of amides is 2. The molecule has 1 aliphatic rings. The molecule has 1 saturated carbocycles. The molecule has 46 heavy (non-hydrogen) atoms. The number of nitrogens with one attached hydrogen (secondary N) is 1. The molecule has 0 aromatic heterocycles. The Morgan fingerprint density at radius 1 is 0.870 bits per heavy atom. The minimum absolute atomic E-state index is 0.00224. The van der Waals surface area contributed by atoms with Crippen molar-refractivity contribution in [3.8, 4) is 5.75 Å². The van der Waals surface area contributed by atoms with E-state index in [2.05, 4.69) is 5.32 Å². The molecule has 8 nitrogen and oxygen atoms in total. The van der Waals surface area contributed by atoms with E-state index in [1.165, 1.54) is 24.1 Å². The van der Waals surface area contributed by atoms with Crippen LogP contribution < -0.4 is 14.4 Å². The lowest BCUT2D eigenvalue weighted by Gasteiger charge is -2.34. The highest BCUT2D eigenvalue weighted by Crippen LogP contribution is 2.27. The molecular formula is C36H38ClN3O5S. The van der Waals surface area contributed by atoms with E-state index in [4.69, 9.17) is 16.3 Å². The van der Waals surface area contributed by atoms with Crippen molar-refractivity contribution in [3.05, 3.63) is 125 Å². The number of anilines is 1. The van der Waals surface area contributed by atoms with Crippen molar-refractivity contribution in [1.82, 2.24) is 10.2 Å². The maximum absolute atomic E-state index is 14.6. The first-order chi connectivity index (χ1) is 22.3. The predicted molar refractivity (Wildman–Crippen MR) is 180 cm³/mol. The summed E-state index contributed by atoms with van der Waals surface area (Å²) in [5.41, 5.74) is 1.84. The summed E-state index contributed by atoms with van der Waals surface area (Å²) < 4.78 is 34.6. The molecule has 1 aliphatic carbocycles. The molecule has 0 saturated heterocycles. The van der Waals surface area contributed by atoms with Crippen LogP contribution in [0.5, 0.6) is 5.75 Å². The van der Waals surface area contributed by atoms with Crippen LogP contribution in [0.3, 0.4) is 0 Å². The third-order valence-electron chi connectivity index (χ3n) is 8.24. The highest BCUT2D eigenvalue weighted by atomic mass is 35.5. The second kappa shape index (κ2) is 15.3. The minimum atomic E-state index is -4.21. The number of methoxy groups -OCH3 is 1. The molecule has 0 spiro atoms. The van der Waals surface area contributed by atoms with Gasteiger partial charge in [0.05, 0.1) is 17.7 Å². The third-order valence-corrected chi connectivity index (χ3v) is 10.4. The zero-order chi connectivity index (χ0) is 32.5. The highest BCUT2D eigenvalue weighted by molar-refractivity contribution is 7.92. The van der Waals surface area contributed by atoms with E-state index in [1.807, 2.05) is 36.4 Å². The Morgan fingerprint density at radius 2 is 1.48 bits per heavy atom. The van der Waals surface area contributed by atoms with Crippen LogP contribution in [0.4, 0.5) is 5.69 Å². The maximum atomic E-state index is 14.6. The van der Waals surface area contributed by atoms with Crippen LogP contribution in [0.1, 0.15) is 36.8 Å². The number of rotatable bonds is 13. The molecule has 0 unspecified atom stereocenters. The highest BCUT2D eigenvalue weighted by Gasteiger charge is 2.35. The second-order valence-corrected chi connectivity index (χ2v) is 13.6. The number of hydrogen-bond acceptors (Lipinski definition) is 5. The van der Waals surface area contributed by atoms with Crippen LogP contribution >= 0.6 is 11.6 Å². The SMILES string of the molecule is COc1ccc(S(=O)(=O)N(CC(=O)N(Cc2ccccc2Cl)[C@@H](Cc2ccccc2)C(=O)NC2CCCC2)c2ccccc2)cc1. The molecule has 4 aromatic rings. The van der Waals surface area contributed by atoms with Gasteiger partial charge in [0.25, 0.3) is 10.0 Å². The van der Waals surface area contributed by atoms with Crippen molar-refractivity contribution in [3.63, 3.8) is 0 Å². The number of carbonyl (C=O) groups is 2. The standard InChI is InChI=1S/C36H38ClN3O5S/c1-45-31-20-22-32(23-21-31)46(43,44)40(30-17-6-3-7-18-30)26-35(41)39(25-28-14-8-11-19-33(28)37)34(24-27-12-4-2-5-13-27)36(42)38-29-15-9-10-16-29/h2-8,11-14,17-23,29,34H,9-10,15-16,24-26H2,1H3,(H,38,42)/t34-/m0/s1. The van der Waals surface area contributed by atoms with E-state index >= 15 is 0 Å². The Kier molecular flexibility index (Phi) is 11.0. The van der Waals surface area contributed by atoms with Crippen molar-refractivity contribution in [2.75, 3.05) is 18.0 Å². The fraction of sp³-hybridized carbons (Fsp3) is 0.278. The smallest absolute Gasteiger partial charge is 0.264 e. The number of benzene rings is 4. The monoisotopic (exact) mass is 659 g/mol. The second-order valence-electron chi connectivity index (χ2n) is 11.3. The van der Waals surface area contributed by atoms with E-state index in [0.29, 0.717) is 22.0 Å². The van der Waals surface area contributed by atoms with E-state index in [1.54, 1.807) is 60.7 Å². The summed E-state index contributed by atoms with van der Waals surface area (Å²) in [4.78, 5) is 30.1. The first-order valence-corrected chi connectivity index (χ1v) is 17.2. The molecular weight excluding hydrogens is 622 g/mol. The van der Waals surface area contributed by atoms with Crippen LogP contribution in [-0.4, -0.2) is 50.9 Å². The number of sulfonamides is 1. The van der Waals surface area contributed by atoms with Gasteiger partial charge < -0.3 is 15.0 Å². The fourth-order valence-corrected chi connectivity index (χ4v) is 7.34. The Hall–Kier alpha value is -4.34. The molecule has 0 aliphatic heterocycles. The molecule has 0 radical (unpaired) electrons. The molecule has 0 bridgehead atoms. The lowest BCUT2D eigenvalue weighted by molar-refractivity contribution is -0.140. The largest absolute Gasteiger partial charge is 0.497 e. The number of ether oxygens (including phenoxy) is 1. The number of halogens is 1. The Morgan fingerprint density at radius 3 is 2.11 bits per heavy atom. The van der Waals surface area contributed by atoms with Crippen molar-refractivity contribution >= 4 is 39.1 Å². The summed E-state index contributed by atoms with van der Waals surface area (Å²) in [6, 6.07) is 30.3. The van der Waals surface area contributed by atoms with E-state index in [0.717, 1.165) is 35.6 Å². The van der Waals surface area contributed by atoms with Gasteiger partial charge in [0.2, 0.25) is 11.8 Å². The summed E-state index contributed by atoms with van der Waals surface area (Å²) in [6.07, 6.45) is 4.07. The van der Waals surface area contributed by atoms with Gasteiger partial charge in [0.15, 0.2) is 0 Å². The van der Waals surface area contributed by atoms with Crippen molar-refractivity contribution in [2.45, 2.75) is 55.6 Å². The van der Waals surface area contributed by atoms with Crippen molar-refractivity contribution in [1.29, 1.82) is 0 Å². The first kappa shape index (κ1) is 33.0. The number of nitrogens with zero attached hydrogens (tertiary/aromatic N) is 2. The summed E-state index contributed by atoms with van der Waals surface area (Å²) in [6.45, 7) is -0.524. The summed E-state index contributed by atoms with van der Waals surface area (Å²) in [5, 5.41) is 3.62. The van der Waals surface area contributed by atoms with E-state index in [-0.39, 0.29) is 29.8 Å². The Labute approximate surface area is 276 Å². The fourth-order valence-electron chi connectivity index (χ4n) is 5.73. The van der Waals surface area contributed by atoms with Gasteiger partial charge >= 0.3 is 0 Å². The number of carbonyl (C=O) groups excluding carboxylic acids is 2. The molecule has 4 aromatic carbocycles. The van der Waals surface area contributed by atoms with Gasteiger partial charge in [-0.15, -0.1) is 0 Å². The lowest BCUT2D eigenvalue weighted by Crippen LogP contribution is -2.54. The third kappa shape index (κ3) is 8.08. The molecule has 0 heterocycles. The van der Waals surface area contributed by atoms with E-state index in [9.17, 15) is 18.0 Å². The quantitative estimate of drug-likeness (QED) is 0.183. The molecule has 1 N–H and O–H groups in total. The zero-order valence-corrected chi connectivity index (χ0v) is 27.3. The van der Waals surface area contributed by atoms with Gasteiger partial charge in [-0.25, -0.2) is 8.42 Å². The van der Waals surface area contributed by atoms with Crippen LogP contribution in [-0.2, 0) is 32.6 Å². The average molecular weight is 660 g/mol. The summed E-state index contributed by atoms with van der Waals surface area (Å²) in [7, 11) is -2.71. The van der Waals surface area contributed by atoms with Gasteiger partial charge in [0, 0.05) is 24.0 Å². The van der Waals surface area contributed by atoms with Crippen LogP contribution in [0, 0.1) is 0 Å². The Bertz CT molecular complexity index is 1710. The van der Waals surface area contributed by atoms with Gasteiger partial charge in [0.1, 0.15) is 18.3 Å². The van der Waals surface area contributed by atoms with Crippen LogP contribution in [0.25, 0.3) is 0 Å². The minimum Gasteiger partial charge on any atom is -0.497 e. The number of para-hydroxylation sites is 1. The summed E-state index contributed by atoms with van der Waals surface area (Å²) >= 11 is 6.58. The molecule has 5 rings (SSSR count). The van der Waals surface area contributed by atoms with Gasteiger partial charge in [-0.3, -0.25) is 13.9 Å². The number of hydrogen-bond donors (Lipinski definition) is 1. The van der Waals surface area contributed by atoms with Crippen molar-refractivity contribution < 1.29 is 22.7 Å². The average Bonchev–Trinajstić information content (AvgIpc) is 3.59. The first-order valence-electron chi connectivity index (χ1n) is 15.4. The predicted octanol–water partition coefficient (Wildman–Crippen LogP) is 6.24.